The van der Waals surface area contributed by atoms with Crippen molar-refractivity contribution in [3.05, 3.63) is 0 Å². The van der Waals surface area contributed by atoms with Gasteiger partial charge in [-0.15, -0.1) is 0 Å². The molecule has 2 rings (SSSR count). The Morgan fingerprint density at radius 1 is 1.40 bits per heavy atom. The van der Waals surface area contributed by atoms with Crippen molar-refractivity contribution in [1.29, 1.82) is 0 Å². The van der Waals surface area contributed by atoms with Crippen molar-refractivity contribution < 1.29 is 0 Å². The van der Waals surface area contributed by atoms with Gasteiger partial charge < -0.3 is 5.32 Å². The number of hydrogen-bond donors (Lipinski definition) is 1. The summed E-state index contributed by atoms with van der Waals surface area (Å²) in [5.41, 5.74) is 7.27. The Morgan fingerprint density at radius 2 is 2.20 bits per heavy atom. The minimum atomic E-state index is 0.400. The van der Waals surface area contributed by atoms with Gasteiger partial charge in [-0.3, -0.25) is 5.73 Å². The molecule has 1 fully saturated rings. The van der Waals surface area contributed by atoms with Crippen LogP contribution in [0.4, 0.5) is 0 Å². The number of hydrogen-bond acceptors (Lipinski definition) is 2. The maximum atomic E-state index is 7.27. The molecule has 0 aromatic heterocycles. The third-order valence-electron chi connectivity index (χ3n) is 2.35. The summed E-state index contributed by atoms with van der Waals surface area (Å²) in [7, 11) is 0. The average molecular weight is 138 g/mol. The molecule has 2 atom stereocenters. The molecule has 2 N–H and O–H groups in total. The SMILES string of the molecule is [NH]C1=N[C@@H]2CCCC[C@@H]2N1. The summed E-state index contributed by atoms with van der Waals surface area (Å²) in [5.74, 6) is 0.400. The van der Waals surface area contributed by atoms with Crippen LogP contribution >= 0.6 is 0 Å². The van der Waals surface area contributed by atoms with Crippen molar-refractivity contribution >= 4 is 5.96 Å². The van der Waals surface area contributed by atoms with E-state index in [0.717, 1.165) is 0 Å². The largest absolute Gasteiger partial charge is 0.350 e. The van der Waals surface area contributed by atoms with E-state index in [9.17, 15) is 0 Å². The fraction of sp³-hybridized carbons (Fsp3) is 0.857. The summed E-state index contributed by atoms with van der Waals surface area (Å²) < 4.78 is 0. The summed E-state index contributed by atoms with van der Waals surface area (Å²) in [4.78, 5) is 4.18. The lowest BCUT2D eigenvalue weighted by atomic mass is 9.92. The molecule has 55 valence electrons. The van der Waals surface area contributed by atoms with Gasteiger partial charge in [-0.1, -0.05) is 12.8 Å². The summed E-state index contributed by atoms with van der Waals surface area (Å²) in [6.07, 6.45) is 4.98. The minimum absolute atomic E-state index is 0.400. The van der Waals surface area contributed by atoms with E-state index in [0.29, 0.717) is 18.0 Å². The Kier molecular flexibility index (Phi) is 1.29. The normalized spacial score (nSPS) is 38.2. The van der Waals surface area contributed by atoms with Crippen LogP contribution in [0.5, 0.6) is 0 Å². The van der Waals surface area contributed by atoms with E-state index in [1.807, 2.05) is 0 Å². The van der Waals surface area contributed by atoms with Gasteiger partial charge in [-0.2, -0.15) is 0 Å². The van der Waals surface area contributed by atoms with Gasteiger partial charge in [0, 0.05) is 0 Å². The highest BCUT2D eigenvalue weighted by Crippen LogP contribution is 2.23. The zero-order chi connectivity index (χ0) is 6.97. The lowest BCUT2D eigenvalue weighted by Crippen LogP contribution is -2.36. The van der Waals surface area contributed by atoms with Crippen LogP contribution in [0.15, 0.2) is 4.99 Å². The number of guanidine groups is 1. The molecule has 0 spiro atoms. The van der Waals surface area contributed by atoms with Gasteiger partial charge in [0.15, 0.2) is 0 Å². The Labute approximate surface area is 60.7 Å². The standard InChI is InChI=1S/C7H12N3/c8-7-9-5-3-1-2-4-6(5)10-7/h5-6,8H,1-4H2,(H,9,10)/t5-,6+. The predicted molar refractivity (Wildman–Crippen MR) is 39.7 cm³/mol. The van der Waals surface area contributed by atoms with E-state index in [4.69, 9.17) is 5.73 Å². The Bertz CT molecular complexity index is 164. The Morgan fingerprint density at radius 3 is 3.00 bits per heavy atom. The number of nitrogens with zero attached hydrogens (tertiary/aromatic N) is 1. The topological polar surface area (TPSA) is 48.2 Å². The number of fused-ring (bicyclic) bond motifs is 1. The molecule has 10 heavy (non-hydrogen) atoms. The smallest absolute Gasteiger partial charge is 0.211 e. The van der Waals surface area contributed by atoms with Crippen molar-refractivity contribution in [2.45, 2.75) is 37.8 Å². The highest BCUT2D eigenvalue weighted by atomic mass is 15.2. The highest BCUT2D eigenvalue weighted by molar-refractivity contribution is 5.79. The molecular formula is C7H12N3. The molecule has 3 nitrogen and oxygen atoms in total. The second-order valence-corrected chi connectivity index (χ2v) is 3.08. The molecule has 0 unspecified atom stereocenters. The van der Waals surface area contributed by atoms with Crippen LogP contribution in [0.1, 0.15) is 25.7 Å². The molecule has 0 aromatic rings. The monoisotopic (exact) mass is 138 g/mol. The van der Waals surface area contributed by atoms with E-state index in [-0.39, 0.29) is 0 Å². The fourth-order valence-electron chi connectivity index (χ4n) is 1.81. The third kappa shape index (κ3) is 0.856. The minimum Gasteiger partial charge on any atom is -0.350 e. The maximum Gasteiger partial charge on any atom is 0.211 e. The van der Waals surface area contributed by atoms with Crippen molar-refractivity contribution in [2.24, 2.45) is 4.99 Å². The molecule has 0 aromatic carbocycles. The molecule has 3 heteroatoms. The van der Waals surface area contributed by atoms with Crippen LogP contribution in [-0.2, 0) is 0 Å². The van der Waals surface area contributed by atoms with Crippen molar-refractivity contribution in [1.82, 2.24) is 11.1 Å². The van der Waals surface area contributed by atoms with Crippen molar-refractivity contribution in [2.75, 3.05) is 0 Å². The first kappa shape index (κ1) is 6.01. The van der Waals surface area contributed by atoms with Gasteiger partial charge in [0.2, 0.25) is 5.96 Å². The highest BCUT2D eigenvalue weighted by Gasteiger charge is 2.29. The van der Waals surface area contributed by atoms with Crippen LogP contribution in [0.3, 0.4) is 0 Å². The van der Waals surface area contributed by atoms with Crippen LogP contribution < -0.4 is 11.1 Å². The van der Waals surface area contributed by atoms with Crippen LogP contribution in [0.25, 0.3) is 0 Å². The lowest BCUT2D eigenvalue weighted by molar-refractivity contribution is 0.384. The Balaban J connectivity index is 2.06. The molecular weight excluding hydrogens is 126 g/mol. The lowest BCUT2D eigenvalue weighted by Gasteiger charge is -2.22. The average Bonchev–Trinajstić information content (AvgIpc) is 2.27. The summed E-state index contributed by atoms with van der Waals surface area (Å²) in [6.45, 7) is 0. The first-order valence-corrected chi connectivity index (χ1v) is 3.92. The molecule has 1 aliphatic carbocycles. The first-order chi connectivity index (χ1) is 4.86. The molecule has 2 aliphatic rings. The van der Waals surface area contributed by atoms with Crippen molar-refractivity contribution in [3.8, 4) is 0 Å². The zero-order valence-corrected chi connectivity index (χ0v) is 5.93. The number of rotatable bonds is 0. The molecule has 1 heterocycles. The molecule has 0 amide bonds. The van der Waals surface area contributed by atoms with E-state index in [1.165, 1.54) is 25.7 Å². The van der Waals surface area contributed by atoms with E-state index >= 15 is 0 Å². The van der Waals surface area contributed by atoms with E-state index < -0.39 is 0 Å². The summed E-state index contributed by atoms with van der Waals surface area (Å²) in [5, 5.41) is 3.07. The number of aliphatic imine (C=N–C) groups is 1. The summed E-state index contributed by atoms with van der Waals surface area (Å²) in [6, 6.07) is 0.933. The first-order valence-electron chi connectivity index (χ1n) is 3.92. The van der Waals surface area contributed by atoms with Gasteiger partial charge in [-0.25, -0.2) is 4.99 Å². The number of nitrogens with one attached hydrogen (secondary N) is 2. The second-order valence-electron chi connectivity index (χ2n) is 3.08. The zero-order valence-electron chi connectivity index (χ0n) is 5.93. The molecule has 1 aliphatic heterocycles. The molecule has 0 bridgehead atoms. The van der Waals surface area contributed by atoms with Gasteiger partial charge >= 0.3 is 0 Å². The van der Waals surface area contributed by atoms with Gasteiger partial charge in [-0.05, 0) is 12.8 Å². The van der Waals surface area contributed by atoms with Crippen LogP contribution in [-0.4, -0.2) is 18.0 Å². The maximum absolute atomic E-state index is 7.27. The van der Waals surface area contributed by atoms with Crippen LogP contribution in [0.2, 0.25) is 0 Å². The van der Waals surface area contributed by atoms with Gasteiger partial charge in [0.25, 0.3) is 0 Å². The van der Waals surface area contributed by atoms with Gasteiger partial charge in [0.05, 0.1) is 12.1 Å². The predicted octanol–water partition coefficient (Wildman–Crippen LogP) is 0.540. The second kappa shape index (κ2) is 2.15. The quantitative estimate of drug-likeness (QED) is 0.521. The fourth-order valence-corrected chi connectivity index (χ4v) is 1.81. The van der Waals surface area contributed by atoms with E-state index in [2.05, 4.69) is 10.3 Å². The molecule has 1 saturated carbocycles. The molecule has 1 radical (unpaired) electrons. The molecule has 0 saturated heterocycles. The van der Waals surface area contributed by atoms with Gasteiger partial charge in [0.1, 0.15) is 0 Å². The third-order valence-corrected chi connectivity index (χ3v) is 2.35. The van der Waals surface area contributed by atoms with E-state index in [1.54, 1.807) is 0 Å². The van der Waals surface area contributed by atoms with Crippen LogP contribution in [0, 0.1) is 0 Å². The Hall–Kier alpha value is -0.730. The summed E-state index contributed by atoms with van der Waals surface area (Å²) >= 11 is 0. The van der Waals surface area contributed by atoms with Crippen molar-refractivity contribution in [3.63, 3.8) is 0 Å².